The van der Waals surface area contributed by atoms with Crippen LogP contribution >= 0.6 is 0 Å². The summed E-state index contributed by atoms with van der Waals surface area (Å²) >= 11 is 0. The summed E-state index contributed by atoms with van der Waals surface area (Å²) in [7, 11) is 1.95. The summed E-state index contributed by atoms with van der Waals surface area (Å²) in [6, 6.07) is 16.7. The molecule has 4 rings (SSSR count). The average molecular weight is 506 g/mol. The second kappa shape index (κ2) is 12.5. The molecule has 0 spiro atoms. The maximum atomic E-state index is 11.1. The molecule has 0 bridgehead atoms. The lowest BCUT2D eigenvalue weighted by Crippen LogP contribution is -2.52. The topological polar surface area (TPSA) is 92.7 Å². The van der Waals surface area contributed by atoms with E-state index in [1.165, 1.54) is 11.3 Å². The van der Waals surface area contributed by atoms with Crippen LogP contribution in [-0.2, 0) is 0 Å². The van der Waals surface area contributed by atoms with Gasteiger partial charge in [-0.25, -0.2) is 0 Å². The van der Waals surface area contributed by atoms with Crippen molar-refractivity contribution >= 4 is 23.4 Å². The molecule has 37 heavy (non-hydrogen) atoms. The molecular weight excluding hydrogens is 462 g/mol. The maximum absolute atomic E-state index is 11.1. The van der Waals surface area contributed by atoms with Gasteiger partial charge < -0.3 is 26.0 Å². The lowest BCUT2D eigenvalue weighted by Gasteiger charge is -2.39. The van der Waals surface area contributed by atoms with E-state index in [9.17, 15) is 5.11 Å². The molecule has 2 aromatic rings. The minimum Gasteiger partial charge on any atom is -0.386 e. The zero-order chi connectivity index (χ0) is 26.4. The zero-order valence-corrected chi connectivity index (χ0v) is 22.7. The van der Waals surface area contributed by atoms with Crippen LogP contribution in [0.1, 0.15) is 43.9 Å². The van der Waals surface area contributed by atoms with Gasteiger partial charge in [-0.15, -0.1) is 0 Å². The number of anilines is 2. The van der Waals surface area contributed by atoms with Crippen LogP contribution < -0.4 is 16.0 Å². The summed E-state index contributed by atoms with van der Waals surface area (Å²) in [5, 5.41) is 14.4. The predicted molar refractivity (Wildman–Crippen MR) is 155 cm³/mol. The first-order valence-electron chi connectivity index (χ1n) is 13.5. The van der Waals surface area contributed by atoms with Gasteiger partial charge in [-0.3, -0.25) is 14.9 Å². The van der Waals surface area contributed by atoms with Crippen molar-refractivity contribution < 1.29 is 5.11 Å². The van der Waals surface area contributed by atoms with E-state index in [-0.39, 0.29) is 12.1 Å². The summed E-state index contributed by atoms with van der Waals surface area (Å²) in [5.41, 5.74) is 11.5. The summed E-state index contributed by atoms with van der Waals surface area (Å²) in [5.74, 6) is 1.29. The van der Waals surface area contributed by atoms with E-state index in [4.69, 9.17) is 10.7 Å². The van der Waals surface area contributed by atoms with E-state index in [1.807, 2.05) is 19.3 Å². The van der Waals surface area contributed by atoms with Crippen LogP contribution in [0.5, 0.6) is 0 Å². The van der Waals surface area contributed by atoms with E-state index in [1.54, 1.807) is 0 Å². The highest BCUT2D eigenvalue weighted by Gasteiger charge is 2.27. The number of piperazine rings is 1. The van der Waals surface area contributed by atoms with Gasteiger partial charge in [0.2, 0.25) is 0 Å². The van der Waals surface area contributed by atoms with Gasteiger partial charge in [-0.1, -0.05) is 50.2 Å². The molecule has 2 aliphatic rings. The van der Waals surface area contributed by atoms with Gasteiger partial charge in [0.25, 0.3) is 0 Å². The average Bonchev–Trinajstić information content (AvgIpc) is 2.93. The molecule has 200 valence electrons. The summed E-state index contributed by atoms with van der Waals surface area (Å²) in [6.45, 7) is 11.5. The summed E-state index contributed by atoms with van der Waals surface area (Å²) in [4.78, 5) is 16.1. The van der Waals surface area contributed by atoms with Crippen molar-refractivity contribution in [3.8, 4) is 0 Å². The molecule has 2 heterocycles. The molecule has 4 N–H and O–H groups in total. The number of rotatable bonds is 8. The van der Waals surface area contributed by atoms with Gasteiger partial charge in [0.1, 0.15) is 12.1 Å². The monoisotopic (exact) mass is 505 g/mol. The highest BCUT2D eigenvalue weighted by molar-refractivity contribution is 5.90. The molecular formula is C29H43N7O. The molecule has 0 amide bonds. The molecule has 1 saturated heterocycles. The van der Waals surface area contributed by atoms with Gasteiger partial charge in [-0.05, 0) is 36.1 Å². The van der Waals surface area contributed by atoms with Crippen molar-refractivity contribution in [1.29, 1.82) is 0 Å². The first kappa shape index (κ1) is 27.1. The Hall–Kier alpha value is -2.94. The van der Waals surface area contributed by atoms with Crippen molar-refractivity contribution in [2.24, 2.45) is 15.7 Å². The Morgan fingerprint density at radius 1 is 1.08 bits per heavy atom. The third-order valence-electron chi connectivity index (χ3n) is 7.51. The van der Waals surface area contributed by atoms with E-state index in [0.29, 0.717) is 19.0 Å². The molecule has 0 saturated carbocycles. The molecule has 0 radical (unpaired) electrons. The van der Waals surface area contributed by atoms with Gasteiger partial charge >= 0.3 is 0 Å². The Labute approximate surface area is 221 Å². The Morgan fingerprint density at radius 2 is 1.76 bits per heavy atom. The molecule has 3 atom stereocenters. The van der Waals surface area contributed by atoms with Gasteiger partial charge in [0, 0.05) is 45.5 Å². The SMILES string of the molecule is CNc1ccccc1N1CCN(C(O)CN=C(C(N)c2ccc(C(C)C)cc2)N2CC=NCC2C)CC1. The highest BCUT2D eigenvalue weighted by atomic mass is 16.3. The van der Waals surface area contributed by atoms with Gasteiger partial charge in [0.05, 0.1) is 37.1 Å². The van der Waals surface area contributed by atoms with Crippen LogP contribution in [0.15, 0.2) is 58.5 Å². The van der Waals surface area contributed by atoms with Crippen LogP contribution in [0.25, 0.3) is 0 Å². The standard InChI is InChI=1S/C29H43N7O/c1-21(2)23-9-11-24(12-10-23)28(30)29(36-14-13-32-19-22(36)3)33-20-27(37)35-17-15-34(16-18-35)26-8-6-5-7-25(26)31-4/h5-13,21-22,27-28,31,37H,14-20,30H2,1-4H3. The fraction of sp³-hybridized carbons (Fsp3) is 0.517. The zero-order valence-electron chi connectivity index (χ0n) is 22.7. The van der Waals surface area contributed by atoms with Crippen LogP contribution in [0.2, 0.25) is 0 Å². The van der Waals surface area contributed by atoms with Crippen molar-refractivity contribution in [3.05, 3.63) is 59.7 Å². The van der Waals surface area contributed by atoms with Crippen LogP contribution in [0.4, 0.5) is 11.4 Å². The molecule has 2 aliphatic heterocycles. The third-order valence-corrected chi connectivity index (χ3v) is 7.51. The Kier molecular flexibility index (Phi) is 9.18. The normalized spacial score (nSPS) is 20.8. The molecule has 2 aromatic carbocycles. The summed E-state index contributed by atoms with van der Waals surface area (Å²) < 4.78 is 0. The largest absolute Gasteiger partial charge is 0.386 e. The number of nitrogens with one attached hydrogen (secondary N) is 1. The number of aliphatic hydroxyl groups excluding tert-OH is 1. The minimum atomic E-state index is -0.652. The highest BCUT2D eigenvalue weighted by Crippen LogP contribution is 2.26. The van der Waals surface area contributed by atoms with E-state index in [0.717, 1.165) is 49.8 Å². The second-order valence-electron chi connectivity index (χ2n) is 10.3. The molecule has 8 nitrogen and oxygen atoms in total. The maximum Gasteiger partial charge on any atom is 0.127 e. The first-order chi connectivity index (χ1) is 17.9. The molecule has 1 fully saturated rings. The number of para-hydroxylation sites is 2. The molecule has 0 aromatic heterocycles. The number of benzene rings is 2. The van der Waals surface area contributed by atoms with Gasteiger partial charge in [-0.2, -0.15) is 0 Å². The predicted octanol–water partition coefficient (Wildman–Crippen LogP) is 3.17. The molecule has 0 aliphatic carbocycles. The number of nitrogens with two attached hydrogens (primary N) is 1. The van der Waals surface area contributed by atoms with E-state index in [2.05, 4.69) is 88.2 Å². The number of aliphatic imine (C=N–C) groups is 2. The Morgan fingerprint density at radius 3 is 2.41 bits per heavy atom. The molecule has 3 unspecified atom stereocenters. The number of amidine groups is 1. The number of hydrogen-bond acceptors (Lipinski definition) is 7. The van der Waals surface area contributed by atoms with Crippen LogP contribution in [0, 0.1) is 0 Å². The van der Waals surface area contributed by atoms with Crippen molar-refractivity contribution in [2.45, 2.75) is 45.0 Å². The van der Waals surface area contributed by atoms with E-state index >= 15 is 0 Å². The number of nitrogens with zero attached hydrogens (tertiary/aromatic N) is 5. The van der Waals surface area contributed by atoms with Gasteiger partial charge in [0.15, 0.2) is 0 Å². The fourth-order valence-corrected chi connectivity index (χ4v) is 5.09. The minimum absolute atomic E-state index is 0.206. The number of hydrogen-bond donors (Lipinski definition) is 3. The van der Waals surface area contributed by atoms with Crippen molar-refractivity contribution in [3.63, 3.8) is 0 Å². The quantitative estimate of drug-likeness (QED) is 0.377. The van der Waals surface area contributed by atoms with Crippen LogP contribution in [-0.4, -0.2) is 92.1 Å². The van der Waals surface area contributed by atoms with Crippen LogP contribution in [0.3, 0.4) is 0 Å². The lowest BCUT2D eigenvalue weighted by molar-refractivity contribution is 0.00784. The fourth-order valence-electron chi connectivity index (χ4n) is 5.09. The van der Waals surface area contributed by atoms with Crippen molar-refractivity contribution in [1.82, 2.24) is 9.80 Å². The second-order valence-corrected chi connectivity index (χ2v) is 10.3. The Bertz CT molecular complexity index is 1060. The first-order valence-corrected chi connectivity index (χ1v) is 13.5. The summed E-state index contributed by atoms with van der Waals surface area (Å²) in [6.07, 6.45) is 1.28. The molecule has 8 heteroatoms. The smallest absolute Gasteiger partial charge is 0.127 e. The lowest BCUT2D eigenvalue weighted by atomic mass is 9.98. The number of aliphatic hydroxyl groups is 1. The Balaban J connectivity index is 1.45. The van der Waals surface area contributed by atoms with Crippen molar-refractivity contribution in [2.75, 3.05) is 63.1 Å². The van der Waals surface area contributed by atoms with E-state index < -0.39 is 6.23 Å². The third kappa shape index (κ3) is 6.50.